The highest BCUT2D eigenvalue weighted by Gasteiger charge is 2.54. The van der Waals surface area contributed by atoms with Crippen molar-refractivity contribution in [3.05, 3.63) is 0 Å². The van der Waals surface area contributed by atoms with Crippen molar-refractivity contribution in [1.29, 1.82) is 0 Å². The van der Waals surface area contributed by atoms with Crippen LogP contribution < -0.4 is 0 Å². The smallest absolute Gasteiger partial charge is 0.341 e. The van der Waals surface area contributed by atoms with E-state index in [1.165, 1.54) is 38.5 Å². The van der Waals surface area contributed by atoms with E-state index in [4.69, 9.17) is 0 Å². The maximum Gasteiger partial charge on any atom is 0.341 e. The van der Waals surface area contributed by atoms with Gasteiger partial charge < -0.3 is 20.4 Å². The van der Waals surface area contributed by atoms with Crippen molar-refractivity contribution in [1.82, 2.24) is 0 Å². The highest BCUT2D eigenvalue weighted by Crippen LogP contribution is 2.33. The molecular formula is C20H40O5. The van der Waals surface area contributed by atoms with Crippen LogP contribution in [0.1, 0.15) is 104 Å². The molecule has 2 unspecified atom stereocenters. The molecule has 0 aliphatic carbocycles. The van der Waals surface area contributed by atoms with Crippen molar-refractivity contribution >= 4 is 5.97 Å². The Labute approximate surface area is 153 Å². The Balaban J connectivity index is 4.22. The van der Waals surface area contributed by atoms with Gasteiger partial charge in [0.1, 0.15) is 5.60 Å². The minimum absolute atomic E-state index is 0.185. The molecule has 0 aromatic carbocycles. The summed E-state index contributed by atoms with van der Waals surface area (Å²) in [6.45, 7) is 3.18. The second-order valence-corrected chi connectivity index (χ2v) is 7.39. The molecule has 0 saturated heterocycles. The number of unbranched alkanes of at least 4 members (excludes halogenated alkanes) is 10. The molecular weight excluding hydrogens is 320 g/mol. The SMILES string of the molecule is CCCCCCCCCCCCC(O)(CCCC)C(O)(CO)C(=O)O. The molecule has 0 aromatic rings. The zero-order valence-corrected chi connectivity index (χ0v) is 16.3. The second-order valence-electron chi connectivity index (χ2n) is 7.39. The van der Waals surface area contributed by atoms with Crippen LogP contribution in [-0.2, 0) is 4.79 Å². The molecule has 0 heterocycles. The Morgan fingerprint density at radius 2 is 1.12 bits per heavy atom. The second kappa shape index (κ2) is 13.5. The van der Waals surface area contributed by atoms with Crippen molar-refractivity contribution < 1.29 is 25.2 Å². The lowest BCUT2D eigenvalue weighted by atomic mass is 9.76. The first-order chi connectivity index (χ1) is 11.9. The average molecular weight is 361 g/mol. The van der Waals surface area contributed by atoms with Crippen LogP contribution in [0.5, 0.6) is 0 Å². The lowest BCUT2D eigenvalue weighted by Gasteiger charge is -2.39. The number of aliphatic carboxylic acids is 1. The van der Waals surface area contributed by atoms with E-state index in [2.05, 4.69) is 6.92 Å². The van der Waals surface area contributed by atoms with Crippen LogP contribution in [0.25, 0.3) is 0 Å². The van der Waals surface area contributed by atoms with Gasteiger partial charge in [0.15, 0.2) is 0 Å². The maximum atomic E-state index is 11.4. The van der Waals surface area contributed by atoms with Crippen molar-refractivity contribution in [2.75, 3.05) is 6.61 Å². The van der Waals surface area contributed by atoms with E-state index < -0.39 is 23.8 Å². The zero-order valence-electron chi connectivity index (χ0n) is 16.3. The van der Waals surface area contributed by atoms with Crippen LogP contribution in [-0.4, -0.2) is 44.2 Å². The predicted molar refractivity (Wildman–Crippen MR) is 101 cm³/mol. The molecule has 150 valence electrons. The summed E-state index contributed by atoms with van der Waals surface area (Å²) in [5.74, 6) is -1.55. The third-order valence-electron chi connectivity index (χ3n) is 5.24. The Kier molecular flexibility index (Phi) is 13.2. The monoisotopic (exact) mass is 360 g/mol. The molecule has 25 heavy (non-hydrogen) atoms. The molecule has 0 aliphatic rings. The van der Waals surface area contributed by atoms with E-state index in [0.717, 1.165) is 25.7 Å². The number of aliphatic hydroxyl groups is 3. The third kappa shape index (κ3) is 8.52. The summed E-state index contributed by atoms with van der Waals surface area (Å²) in [6, 6.07) is 0. The predicted octanol–water partition coefficient (Wildman–Crippen LogP) is 4.03. The van der Waals surface area contributed by atoms with Gasteiger partial charge in [0.05, 0.1) is 6.61 Å². The molecule has 0 spiro atoms. The van der Waals surface area contributed by atoms with Crippen molar-refractivity contribution in [3.8, 4) is 0 Å². The molecule has 5 heteroatoms. The number of carboxylic acid groups (broad SMARTS) is 1. The Bertz CT molecular complexity index is 347. The third-order valence-corrected chi connectivity index (χ3v) is 5.24. The molecule has 0 radical (unpaired) electrons. The minimum Gasteiger partial charge on any atom is -0.479 e. The summed E-state index contributed by atoms with van der Waals surface area (Å²) < 4.78 is 0. The standard InChI is InChI=1S/C20H40O5/c1-3-5-7-8-9-10-11-12-13-14-16-19(24,15-6-4-2)20(25,17-21)18(22)23/h21,24-25H,3-17H2,1-2H3,(H,22,23). The van der Waals surface area contributed by atoms with Gasteiger partial charge in [0, 0.05) is 0 Å². The first kappa shape index (κ1) is 24.4. The van der Waals surface area contributed by atoms with Crippen molar-refractivity contribution in [2.24, 2.45) is 0 Å². The van der Waals surface area contributed by atoms with Gasteiger partial charge in [-0.3, -0.25) is 0 Å². The highest BCUT2D eigenvalue weighted by molar-refractivity contribution is 5.79. The summed E-state index contributed by atoms with van der Waals surface area (Å²) in [5.41, 5.74) is -4.26. The molecule has 4 N–H and O–H groups in total. The van der Waals surface area contributed by atoms with E-state index in [-0.39, 0.29) is 12.8 Å². The zero-order chi connectivity index (χ0) is 19.2. The highest BCUT2D eigenvalue weighted by atomic mass is 16.4. The Hall–Kier alpha value is -0.650. The summed E-state index contributed by atoms with van der Waals surface area (Å²) in [5, 5.41) is 39.7. The summed E-state index contributed by atoms with van der Waals surface area (Å²) in [4.78, 5) is 11.4. The fourth-order valence-electron chi connectivity index (χ4n) is 3.33. The van der Waals surface area contributed by atoms with E-state index >= 15 is 0 Å². The van der Waals surface area contributed by atoms with E-state index in [1.54, 1.807) is 0 Å². The van der Waals surface area contributed by atoms with Gasteiger partial charge in [-0.25, -0.2) is 4.79 Å². The van der Waals surface area contributed by atoms with Gasteiger partial charge in [-0.15, -0.1) is 0 Å². The molecule has 0 saturated carbocycles. The molecule has 0 amide bonds. The number of hydrogen-bond donors (Lipinski definition) is 4. The molecule has 5 nitrogen and oxygen atoms in total. The average Bonchev–Trinajstić information content (AvgIpc) is 2.60. The van der Waals surface area contributed by atoms with Crippen LogP contribution in [0.2, 0.25) is 0 Å². The van der Waals surface area contributed by atoms with Gasteiger partial charge >= 0.3 is 5.97 Å². The summed E-state index contributed by atoms with van der Waals surface area (Å²) in [7, 11) is 0. The lowest BCUT2D eigenvalue weighted by Crippen LogP contribution is -2.61. The number of carbonyl (C=O) groups is 1. The topological polar surface area (TPSA) is 98.0 Å². The number of aliphatic hydroxyl groups excluding tert-OH is 1. The summed E-state index contributed by atoms with van der Waals surface area (Å²) in [6.07, 6.45) is 13.3. The Morgan fingerprint density at radius 3 is 1.52 bits per heavy atom. The van der Waals surface area contributed by atoms with Crippen LogP contribution in [0.15, 0.2) is 0 Å². The number of hydrogen-bond acceptors (Lipinski definition) is 4. The van der Waals surface area contributed by atoms with Crippen molar-refractivity contribution in [2.45, 2.75) is 115 Å². The minimum atomic E-state index is -2.48. The molecule has 0 fully saturated rings. The van der Waals surface area contributed by atoms with Crippen LogP contribution >= 0.6 is 0 Å². The van der Waals surface area contributed by atoms with Crippen molar-refractivity contribution in [3.63, 3.8) is 0 Å². The maximum absolute atomic E-state index is 11.4. The fourth-order valence-corrected chi connectivity index (χ4v) is 3.33. The molecule has 0 aliphatic heterocycles. The van der Waals surface area contributed by atoms with E-state index in [1.807, 2.05) is 6.92 Å². The molecule has 0 aromatic heterocycles. The van der Waals surface area contributed by atoms with Crippen LogP contribution in [0, 0.1) is 0 Å². The van der Waals surface area contributed by atoms with Gasteiger partial charge in [0.2, 0.25) is 5.60 Å². The molecule has 0 bridgehead atoms. The first-order valence-corrected chi connectivity index (χ1v) is 10.2. The van der Waals surface area contributed by atoms with Gasteiger partial charge in [-0.05, 0) is 12.8 Å². The Morgan fingerprint density at radius 1 is 0.720 bits per heavy atom. The number of rotatable bonds is 17. The summed E-state index contributed by atoms with van der Waals surface area (Å²) >= 11 is 0. The first-order valence-electron chi connectivity index (χ1n) is 10.2. The van der Waals surface area contributed by atoms with Crippen LogP contribution in [0.4, 0.5) is 0 Å². The molecule has 2 atom stereocenters. The van der Waals surface area contributed by atoms with Gasteiger partial charge in [-0.1, -0.05) is 90.9 Å². The molecule has 0 rings (SSSR count). The normalized spacial score (nSPS) is 16.4. The fraction of sp³-hybridized carbons (Fsp3) is 0.950. The number of carboxylic acids is 1. The van der Waals surface area contributed by atoms with Gasteiger partial charge in [0.25, 0.3) is 0 Å². The van der Waals surface area contributed by atoms with E-state index in [0.29, 0.717) is 12.8 Å². The van der Waals surface area contributed by atoms with Crippen LogP contribution in [0.3, 0.4) is 0 Å². The largest absolute Gasteiger partial charge is 0.479 e. The lowest BCUT2D eigenvalue weighted by molar-refractivity contribution is -0.206. The van der Waals surface area contributed by atoms with E-state index in [9.17, 15) is 25.2 Å². The quantitative estimate of drug-likeness (QED) is 0.294. The van der Waals surface area contributed by atoms with Gasteiger partial charge in [-0.2, -0.15) is 0 Å².